The van der Waals surface area contributed by atoms with Crippen LogP contribution >= 0.6 is 0 Å². The Balaban J connectivity index is 1.56. The summed E-state index contributed by atoms with van der Waals surface area (Å²) in [5.41, 5.74) is 1.18. The number of hydrogen-bond donors (Lipinski definition) is 1. The number of carbonyl (C=O) groups excluding carboxylic acids is 2. The first-order valence-corrected chi connectivity index (χ1v) is 8.49. The Morgan fingerprint density at radius 1 is 0.923 bits per heavy atom. The van der Waals surface area contributed by atoms with E-state index in [2.05, 4.69) is 12.2 Å². The van der Waals surface area contributed by atoms with E-state index in [4.69, 9.17) is 14.2 Å². The highest BCUT2D eigenvalue weighted by molar-refractivity contribution is 5.82. The summed E-state index contributed by atoms with van der Waals surface area (Å²) in [5, 5.41) is 2.45. The number of aryl methyl sites for hydroxylation is 1. The minimum atomic E-state index is -0.524. The zero-order chi connectivity index (χ0) is 18.6. The van der Waals surface area contributed by atoms with Gasteiger partial charge < -0.3 is 19.5 Å². The van der Waals surface area contributed by atoms with Crippen molar-refractivity contribution in [3.8, 4) is 11.5 Å². The van der Waals surface area contributed by atoms with Gasteiger partial charge in [-0.2, -0.15) is 0 Å². The van der Waals surface area contributed by atoms with Gasteiger partial charge in [-0.05, 0) is 36.2 Å². The predicted molar refractivity (Wildman–Crippen MR) is 97.2 cm³/mol. The second-order valence-corrected chi connectivity index (χ2v) is 5.45. The molecule has 0 saturated heterocycles. The SMILES string of the molecule is CCc1cccc(OCCOC(=O)CNC(=O)COc2ccccc2)c1. The molecule has 2 rings (SSSR count). The largest absolute Gasteiger partial charge is 0.490 e. The van der Waals surface area contributed by atoms with Crippen LogP contribution in [0.15, 0.2) is 54.6 Å². The van der Waals surface area contributed by atoms with Crippen LogP contribution in [0.3, 0.4) is 0 Å². The molecule has 6 heteroatoms. The minimum absolute atomic E-state index is 0.117. The van der Waals surface area contributed by atoms with Crippen molar-refractivity contribution in [2.24, 2.45) is 0 Å². The molecule has 0 fully saturated rings. The van der Waals surface area contributed by atoms with E-state index in [9.17, 15) is 9.59 Å². The number of benzene rings is 2. The van der Waals surface area contributed by atoms with Crippen LogP contribution in [-0.2, 0) is 20.7 Å². The van der Waals surface area contributed by atoms with Crippen molar-refractivity contribution in [3.63, 3.8) is 0 Å². The molecule has 26 heavy (non-hydrogen) atoms. The van der Waals surface area contributed by atoms with Crippen molar-refractivity contribution >= 4 is 11.9 Å². The van der Waals surface area contributed by atoms with Gasteiger partial charge in [0, 0.05) is 0 Å². The number of esters is 1. The van der Waals surface area contributed by atoms with Crippen LogP contribution in [0, 0.1) is 0 Å². The van der Waals surface area contributed by atoms with Crippen LogP contribution in [0.25, 0.3) is 0 Å². The van der Waals surface area contributed by atoms with Crippen molar-refractivity contribution in [2.45, 2.75) is 13.3 Å². The normalized spacial score (nSPS) is 10.0. The summed E-state index contributed by atoms with van der Waals surface area (Å²) in [6.07, 6.45) is 0.930. The molecule has 0 atom stereocenters. The molecule has 0 aromatic heterocycles. The summed E-state index contributed by atoms with van der Waals surface area (Å²) in [6.45, 7) is 2.08. The molecule has 2 aromatic carbocycles. The van der Waals surface area contributed by atoms with Crippen LogP contribution in [0.4, 0.5) is 0 Å². The lowest BCUT2D eigenvalue weighted by atomic mass is 10.2. The van der Waals surface area contributed by atoms with Gasteiger partial charge in [-0.1, -0.05) is 37.3 Å². The van der Waals surface area contributed by atoms with Gasteiger partial charge in [0.05, 0.1) is 0 Å². The van der Waals surface area contributed by atoms with Gasteiger partial charge >= 0.3 is 5.97 Å². The van der Waals surface area contributed by atoms with Crippen LogP contribution in [-0.4, -0.2) is 38.2 Å². The summed E-state index contributed by atoms with van der Waals surface area (Å²) in [7, 11) is 0. The predicted octanol–water partition coefficient (Wildman–Crippen LogP) is 2.37. The van der Waals surface area contributed by atoms with Gasteiger partial charge in [-0.15, -0.1) is 0 Å². The molecule has 0 unspecified atom stereocenters. The Morgan fingerprint density at radius 3 is 2.46 bits per heavy atom. The molecule has 0 heterocycles. The standard InChI is InChI=1S/C20H23NO5/c1-2-16-7-6-10-18(13-16)24-11-12-25-20(23)14-21-19(22)15-26-17-8-4-3-5-9-17/h3-10,13H,2,11-12,14-15H2,1H3,(H,21,22). The molecule has 0 radical (unpaired) electrons. The third-order valence-corrected chi connectivity index (χ3v) is 3.46. The molecule has 2 aromatic rings. The summed E-state index contributed by atoms with van der Waals surface area (Å²) >= 11 is 0. The Labute approximate surface area is 153 Å². The maximum Gasteiger partial charge on any atom is 0.325 e. The molecule has 0 aliphatic rings. The van der Waals surface area contributed by atoms with Crippen molar-refractivity contribution in [1.82, 2.24) is 5.32 Å². The minimum Gasteiger partial charge on any atom is -0.490 e. The van der Waals surface area contributed by atoms with E-state index < -0.39 is 11.9 Å². The van der Waals surface area contributed by atoms with Gasteiger partial charge in [0.1, 0.15) is 31.3 Å². The average molecular weight is 357 g/mol. The van der Waals surface area contributed by atoms with Gasteiger partial charge in [-0.3, -0.25) is 9.59 Å². The fourth-order valence-corrected chi connectivity index (χ4v) is 2.11. The van der Waals surface area contributed by atoms with Gasteiger partial charge in [0.15, 0.2) is 6.61 Å². The first kappa shape index (κ1) is 19.3. The monoisotopic (exact) mass is 357 g/mol. The van der Waals surface area contributed by atoms with Crippen molar-refractivity contribution in [3.05, 3.63) is 60.2 Å². The fraction of sp³-hybridized carbons (Fsp3) is 0.300. The Morgan fingerprint density at radius 2 is 1.69 bits per heavy atom. The van der Waals surface area contributed by atoms with E-state index in [0.29, 0.717) is 5.75 Å². The number of carbonyl (C=O) groups is 2. The number of amides is 1. The number of para-hydroxylation sites is 1. The number of hydrogen-bond acceptors (Lipinski definition) is 5. The second-order valence-electron chi connectivity index (χ2n) is 5.45. The third-order valence-electron chi connectivity index (χ3n) is 3.46. The third kappa shape index (κ3) is 7.25. The highest BCUT2D eigenvalue weighted by atomic mass is 16.6. The molecule has 138 valence electrons. The average Bonchev–Trinajstić information content (AvgIpc) is 2.69. The van der Waals surface area contributed by atoms with Gasteiger partial charge in [-0.25, -0.2) is 0 Å². The molecule has 6 nitrogen and oxygen atoms in total. The maximum atomic E-state index is 11.6. The van der Waals surface area contributed by atoms with E-state index in [0.717, 1.165) is 12.2 Å². The summed E-state index contributed by atoms with van der Waals surface area (Å²) < 4.78 is 15.8. The van der Waals surface area contributed by atoms with Crippen LogP contribution in [0.2, 0.25) is 0 Å². The van der Waals surface area contributed by atoms with Gasteiger partial charge in [0.2, 0.25) is 0 Å². The molecule has 0 aliphatic carbocycles. The number of nitrogens with one attached hydrogen (secondary N) is 1. The maximum absolute atomic E-state index is 11.6. The van der Waals surface area contributed by atoms with Crippen LogP contribution in [0.5, 0.6) is 11.5 Å². The molecule has 1 amide bonds. The van der Waals surface area contributed by atoms with E-state index in [1.165, 1.54) is 5.56 Å². The van der Waals surface area contributed by atoms with E-state index in [1.807, 2.05) is 42.5 Å². The zero-order valence-electron chi connectivity index (χ0n) is 14.8. The zero-order valence-corrected chi connectivity index (χ0v) is 14.8. The van der Waals surface area contributed by atoms with E-state index in [-0.39, 0.29) is 26.4 Å². The quantitative estimate of drug-likeness (QED) is 0.522. The smallest absolute Gasteiger partial charge is 0.325 e. The lowest BCUT2D eigenvalue weighted by Gasteiger charge is -2.09. The van der Waals surface area contributed by atoms with Crippen LogP contribution in [0.1, 0.15) is 12.5 Å². The molecule has 0 bridgehead atoms. The highest BCUT2D eigenvalue weighted by Gasteiger charge is 2.07. The number of ether oxygens (including phenoxy) is 3. The van der Waals surface area contributed by atoms with E-state index in [1.54, 1.807) is 12.1 Å². The summed E-state index contributed by atoms with van der Waals surface area (Å²) in [6, 6.07) is 16.7. The van der Waals surface area contributed by atoms with Gasteiger partial charge in [0.25, 0.3) is 5.91 Å². The summed E-state index contributed by atoms with van der Waals surface area (Å²) in [4.78, 5) is 23.2. The van der Waals surface area contributed by atoms with E-state index >= 15 is 0 Å². The molecule has 1 N–H and O–H groups in total. The molecular formula is C20H23NO5. The Bertz CT molecular complexity index is 702. The molecular weight excluding hydrogens is 334 g/mol. The van der Waals surface area contributed by atoms with Crippen molar-refractivity contribution < 1.29 is 23.8 Å². The lowest BCUT2D eigenvalue weighted by molar-refractivity contribution is -0.144. The fourth-order valence-electron chi connectivity index (χ4n) is 2.11. The number of rotatable bonds is 10. The molecule has 0 saturated carbocycles. The first-order valence-electron chi connectivity index (χ1n) is 8.49. The van der Waals surface area contributed by atoms with Crippen molar-refractivity contribution in [2.75, 3.05) is 26.4 Å². The van der Waals surface area contributed by atoms with Crippen molar-refractivity contribution in [1.29, 1.82) is 0 Å². The first-order chi connectivity index (χ1) is 12.7. The van der Waals surface area contributed by atoms with Crippen LogP contribution < -0.4 is 14.8 Å². The molecule has 0 aliphatic heterocycles. The second kappa shape index (κ2) is 10.8. The topological polar surface area (TPSA) is 73.9 Å². The molecule has 0 spiro atoms. The Kier molecular flexibility index (Phi) is 7.99. The summed E-state index contributed by atoms with van der Waals surface area (Å²) in [5.74, 6) is 0.420. The Hall–Kier alpha value is -3.02. The lowest BCUT2D eigenvalue weighted by Crippen LogP contribution is -2.34. The highest BCUT2D eigenvalue weighted by Crippen LogP contribution is 2.13.